The molecule has 0 spiro atoms. The van der Waals surface area contributed by atoms with Crippen LogP contribution in [0, 0.1) is 23.0 Å². The Morgan fingerprint density at radius 3 is 2.74 bits per heavy atom. The molecule has 1 atom stereocenters. The average Bonchev–Trinajstić information content (AvgIpc) is 2.46. The van der Waals surface area contributed by atoms with Crippen molar-refractivity contribution in [3.05, 3.63) is 58.2 Å². The van der Waals surface area contributed by atoms with Gasteiger partial charge in [0.15, 0.2) is 0 Å². The van der Waals surface area contributed by atoms with Gasteiger partial charge < -0.3 is 15.2 Å². The first kappa shape index (κ1) is 16.5. The van der Waals surface area contributed by atoms with E-state index in [1.165, 1.54) is 6.92 Å². The second-order valence-electron chi connectivity index (χ2n) is 4.78. The normalized spacial score (nSPS) is 17.6. The first-order valence-electron chi connectivity index (χ1n) is 6.81. The molecule has 1 aliphatic rings. The van der Waals surface area contributed by atoms with Crippen LogP contribution in [0.5, 0.6) is 0 Å². The molecule has 0 fully saturated rings. The van der Waals surface area contributed by atoms with Crippen molar-refractivity contribution in [1.29, 1.82) is 5.26 Å². The van der Waals surface area contributed by atoms with Gasteiger partial charge in [0.2, 0.25) is 5.88 Å². The van der Waals surface area contributed by atoms with E-state index in [0.717, 1.165) is 12.1 Å². The Bertz CT molecular complexity index is 763. The van der Waals surface area contributed by atoms with E-state index in [0.29, 0.717) is 6.07 Å². The first-order chi connectivity index (χ1) is 10.9. The van der Waals surface area contributed by atoms with Crippen LogP contribution in [0.15, 0.2) is 41.0 Å². The average molecular weight is 320 g/mol. The van der Waals surface area contributed by atoms with Crippen molar-refractivity contribution in [3.8, 4) is 6.07 Å². The largest absolute Gasteiger partial charge is 0.463 e. The highest BCUT2D eigenvalue weighted by Crippen LogP contribution is 2.40. The van der Waals surface area contributed by atoms with E-state index in [1.807, 2.05) is 6.07 Å². The standard InChI is InChI=1S/C16H14F2N2O3/c1-3-22-16(21)13-8(2)23-15(20)11(7-19)14(13)10-5-4-9(17)6-12(10)18/h4-6,14H,3,20H2,1-2H3/t14-/m0/s1. The third kappa shape index (κ3) is 3.01. The topological polar surface area (TPSA) is 85.3 Å². The lowest BCUT2D eigenvalue weighted by Crippen LogP contribution is -2.26. The Morgan fingerprint density at radius 2 is 2.17 bits per heavy atom. The van der Waals surface area contributed by atoms with Gasteiger partial charge in [-0.3, -0.25) is 0 Å². The molecule has 5 nitrogen and oxygen atoms in total. The van der Waals surface area contributed by atoms with Crippen molar-refractivity contribution in [1.82, 2.24) is 0 Å². The van der Waals surface area contributed by atoms with Crippen LogP contribution in [0.2, 0.25) is 0 Å². The molecule has 1 aromatic rings. The van der Waals surface area contributed by atoms with Gasteiger partial charge in [-0.1, -0.05) is 6.07 Å². The minimum atomic E-state index is -1.12. The highest BCUT2D eigenvalue weighted by atomic mass is 19.1. The quantitative estimate of drug-likeness (QED) is 0.865. The summed E-state index contributed by atoms with van der Waals surface area (Å²) < 4.78 is 37.5. The first-order valence-corrected chi connectivity index (χ1v) is 6.81. The number of nitrogens with two attached hydrogens (primary N) is 1. The number of hydrogen-bond acceptors (Lipinski definition) is 5. The van der Waals surface area contributed by atoms with Crippen molar-refractivity contribution in [2.75, 3.05) is 6.61 Å². The molecule has 1 heterocycles. The number of carbonyl (C=O) groups excluding carboxylic acids is 1. The van der Waals surface area contributed by atoms with Crippen LogP contribution >= 0.6 is 0 Å². The third-order valence-corrected chi connectivity index (χ3v) is 3.37. The number of nitrogens with zero attached hydrogens (tertiary/aromatic N) is 1. The number of hydrogen-bond donors (Lipinski definition) is 1. The maximum absolute atomic E-state index is 14.2. The molecule has 0 saturated carbocycles. The van der Waals surface area contributed by atoms with Gasteiger partial charge in [-0.15, -0.1) is 0 Å². The molecular weight excluding hydrogens is 306 g/mol. The Morgan fingerprint density at radius 1 is 1.48 bits per heavy atom. The molecule has 0 unspecified atom stereocenters. The zero-order valence-corrected chi connectivity index (χ0v) is 12.5. The zero-order chi connectivity index (χ0) is 17.1. The summed E-state index contributed by atoms with van der Waals surface area (Å²) in [6.07, 6.45) is 0. The smallest absolute Gasteiger partial charge is 0.338 e. The van der Waals surface area contributed by atoms with Gasteiger partial charge in [0.25, 0.3) is 0 Å². The van der Waals surface area contributed by atoms with E-state index < -0.39 is 23.5 Å². The summed E-state index contributed by atoms with van der Waals surface area (Å²) in [6, 6.07) is 4.70. The summed E-state index contributed by atoms with van der Waals surface area (Å²) >= 11 is 0. The summed E-state index contributed by atoms with van der Waals surface area (Å²) in [5.41, 5.74) is 5.44. The minimum Gasteiger partial charge on any atom is -0.463 e. The van der Waals surface area contributed by atoms with Crippen molar-refractivity contribution in [2.45, 2.75) is 19.8 Å². The van der Waals surface area contributed by atoms with E-state index in [1.54, 1.807) is 6.92 Å². The van der Waals surface area contributed by atoms with Crippen LogP contribution in [0.4, 0.5) is 8.78 Å². The van der Waals surface area contributed by atoms with Crippen LogP contribution in [-0.4, -0.2) is 12.6 Å². The van der Waals surface area contributed by atoms with Gasteiger partial charge >= 0.3 is 5.97 Å². The van der Waals surface area contributed by atoms with Crippen molar-refractivity contribution in [2.24, 2.45) is 5.73 Å². The van der Waals surface area contributed by atoms with Gasteiger partial charge in [-0.25, -0.2) is 13.6 Å². The van der Waals surface area contributed by atoms with Gasteiger partial charge in [0.05, 0.1) is 18.1 Å². The summed E-state index contributed by atoms with van der Waals surface area (Å²) in [5, 5.41) is 9.32. The maximum Gasteiger partial charge on any atom is 0.338 e. The van der Waals surface area contributed by atoms with Crippen LogP contribution in [0.25, 0.3) is 0 Å². The Hall–Kier alpha value is -2.88. The van der Waals surface area contributed by atoms with Crippen molar-refractivity contribution in [3.63, 3.8) is 0 Å². The van der Waals surface area contributed by atoms with E-state index in [-0.39, 0.29) is 35.0 Å². The fourth-order valence-electron chi connectivity index (χ4n) is 2.40. The monoisotopic (exact) mass is 320 g/mol. The number of rotatable bonds is 3. The molecule has 7 heteroatoms. The predicted molar refractivity (Wildman–Crippen MR) is 76.3 cm³/mol. The molecule has 23 heavy (non-hydrogen) atoms. The highest BCUT2D eigenvalue weighted by molar-refractivity contribution is 5.92. The number of carbonyl (C=O) groups is 1. The Labute approximate surface area is 131 Å². The Balaban J connectivity index is 2.66. The number of ether oxygens (including phenoxy) is 2. The molecule has 0 amide bonds. The third-order valence-electron chi connectivity index (χ3n) is 3.37. The molecule has 0 aliphatic carbocycles. The summed E-state index contributed by atoms with van der Waals surface area (Å²) in [6.45, 7) is 3.16. The number of esters is 1. The van der Waals surface area contributed by atoms with Crippen molar-refractivity contribution < 1.29 is 23.0 Å². The lowest BCUT2D eigenvalue weighted by molar-refractivity contribution is -0.139. The summed E-state index contributed by atoms with van der Waals surface area (Å²) in [7, 11) is 0. The summed E-state index contributed by atoms with van der Waals surface area (Å²) in [4.78, 5) is 12.2. The van der Waals surface area contributed by atoms with E-state index >= 15 is 0 Å². The molecule has 1 aliphatic heterocycles. The molecule has 0 saturated heterocycles. The molecule has 0 bridgehead atoms. The molecule has 120 valence electrons. The van der Waals surface area contributed by atoms with Crippen LogP contribution in [0.3, 0.4) is 0 Å². The van der Waals surface area contributed by atoms with Gasteiger partial charge in [0.1, 0.15) is 29.0 Å². The molecule has 2 N–H and O–H groups in total. The molecule has 1 aromatic carbocycles. The molecule has 0 aromatic heterocycles. The van der Waals surface area contributed by atoms with E-state index in [9.17, 15) is 18.8 Å². The fraction of sp³-hybridized carbons (Fsp3) is 0.250. The lowest BCUT2D eigenvalue weighted by Gasteiger charge is -2.27. The van der Waals surface area contributed by atoms with Gasteiger partial charge in [-0.05, 0) is 19.9 Å². The summed E-state index contributed by atoms with van der Waals surface area (Å²) in [5.74, 6) is -3.66. The number of benzene rings is 1. The van der Waals surface area contributed by atoms with E-state index in [4.69, 9.17) is 15.2 Å². The van der Waals surface area contributed by atoms with Crippen LogP contribution in [-0.2, 0) is 14.3 Å². The number of halogens is 2. The van der Waals surface area contributed by atoms with Gasteiger partial charge in [0, 0.05) is 11.6 Å². The second kappa shape index (κ2) is 6.48. The number of allylic oxidation sites excluding steroid dienone is 2. The highest BCUT2D eigenvalue weighted by Gasteiger charge is 2.37. The van der Waals surface area contributed by atoms with Gasteiger partial charge in [-0.2, -0.15) is 5.26 Å². The fourth-order valence-corrected chi connectivity index (χ4v) is 2.40. The Kier molecular flexibility index (Phi) is 4.65. The minimum absolute atomic E-state index is 0.0388. The lowest BCUT2D eigenvalue weighted by atomic mass is 9.83. The number of nitriles is 1. The predicted octanol–water partition coefficient (Wildman–Crippen LogP) is 2.61. The van der Waals surface area contributed by atoms with Crippen LogP contribution < -0.4 is 5.73 Å². The maximum atomic E-state index is 14.2. The van der Waals surface area contributed by atoms with Crippen LogP contribution in [0.1, 0.15) is 25.3 Å². The van der Waals surface area contributed by atoms with Crippen molar-refractivity contribution >= 4 is 5.97 Å². The molecule has 0 radical (unpaired) electrons. The zero-order valence-electron chi connectivity index (χ0n) is 12.5. The molecule has 2 rings (SSSR count). The SMILES string of the molecule is CCOC(=O)C1=C(C)OC(N)=C(C#N)[C@@H]1c1ccc(F)cc1F. The van der Waals surface area contributed by atoms with E-state index in [2.05, 4.69) is 0 Å². The molecular formula is C16H14F2N2O3. The second-order valence-corrected chi connectivity index (χ2v) is 4.78.